The Morgan fingerprint density at radius 3 is 3.18 bits per heavy atom. The predicted molar refractivity (Wildman–Crippen MR) is 93.1 cm³/mol. The summed E-state index contributed by atoms with van der Waals surface area (Å²) < 4.78 is 18.7. The van der Waals surface area contributed by atoms with Crippen LogP contribution in [0.2, 0.25) is 0 Å². The topological polar surface area (TPSA) is 45.6 Å². The molecule has 22 heavy (non-hydrogen) atoms. The maximum Gasteiger partial charge on any atom is 0.186 e. The number of hydrazone groups is 1. The molecule has 4 nitrogen and oxygen atoms in total. The lowest BCUT2D eigenvalue weighted by Gasteiger charge is -2.17. The molecule has 1 aliphatic heterocycles. The van der Waals surface area contributed by atoms with Gasteiger partial charge in [0.1, 0.15) is 5.82 Å². The van der Waals surface area contributed by atoms with Crippen LogP contribution in [0.25, 0.3) is 0 Å². The van der Waals surface area contributed by atoms with Gasteiger partial charge in [-0.1, -0.05) is 0 Å². The summed E-state index contributed by atoms with van der Waals surface area (Å²) in [6.45, 7) is 4.14. The molecular weight excluding hydrogens is 321 g/mol. The van der Waals surface area contributed by atoms with E-state index < -0.39 is 0 Å². The van der Waals surface area contributed by atoms with Crippen LogP contribution in [0.5, 0.6) is 0 Å². The van der Waals surface area contributed by atoms with Gasteiger partial charge < -0.3 is 10.1 Å². The summed E-state index contributed by atoms with van der Waals surface area (Å²) in [5, 5.41) is 7.88. The van der Waals surface area contributed by atoms with E-state index >= 15 is 0 Å². The third-order valence-electron chi connectivity index (χ3n) is 3.10. The van der Waals surface area contributed by atoms with Crippen molar-refractivity contribution in [2.24, 2.45) is 5.10 Å². The zero-order valence-electron chi connectivity index (χ0n) is 12.5. The van der Waals surface area contributed by atoms with Crippen LogP contribution in [0.3, 0.4) is 0 Å². The summed E-state index contributed by atoms with van der Waals surface area (Å²) in [7, 11) is 0. The molecule has 7 heteroatoms. The zero-order valence-corrected chi connectivity index (χ0v) is 14.2. The lowest BCUT2D eigenvalue weighted by atomic mass is 10.1. The second-order valence-electron chi connectivity index (χ2n) is 4.72. The van der Waals surface area contributed by atoms with Gasteiger partial charge in [0.15, 0.2) is 5.11 Å². The molecule has 0 unspecified atom stereocenters. The van der Waals surface area contributed by atoms with Gasteiger partial charge in [-0.2, -0.15) is 5.10 Å². The van der Waals surface area contributed by atoms with Crippen molar-refractivity contribution in [2.45, 2.75) is 24.7 Å². The molecule has 1 aliphatic rings. The highest BCUT2D eigenvalue weighted by molar-refractivity contribution is 7.99. The van der Waals surface area contributed by atoms with E-state index in [0.29, 0.717) is 11.7 Å². The minimum atomic E-state index is -0.245. The standard InChI is InChI=1S/C15H20FN3OS2/c1-2-20-8-3-7-17-15(21)19-18-13-6-9-22-14-5-4-11(16)10-12(13)14/h4-5,10H,2-3,6-9H2,1H3,(H2,17,19,21)/b18-13-. The Bertz CT molecular complexity index is 552. The molecule has 0 saturated carbocycles. The first-order chi connectivity index (χ1) is 10.7. The molecule has 0 aliphatic carbocycles. The largest absolute Gasteiger partial charge is 0.382 e. The van der Waals surface area contributed by atoms with Crippen molar-refractivity contribution in [2.75, 3.05) is 25.5 Å². The number of hydrogen-bond donors (Lipinski definition) is 2. The van der Waals surface area contributed by atoms with E-state index in [0.717, 1.165) is 47.9 Å². The van der Waals surface area contributed by atoms with E-state index in [-0.39, 0.29) is 5.82 Å². The molecule has 0 amide bonds. The second kappa shape index (κ2) is 9.07. The second-order valence-corrected chi connectivity index (χ2v) is 6.26. The lowest BCUT2D eigenvalue weighted by Crippen LogP contribution is -2.34. The zero-order chi connectivity index (χ0) is 15.8. The third kappa shape index (κ3) is 5.23. The van der Waals surface area contributed by atoms with E-state index in [1.807, 2.05) is 6.92 Å². The van der Waals surface area contributed by atoms with Crippen molar-refractivity contribution in [3.63, 3.8) is 0 Å². The van der Waals surface area contributed by atoms with Crippen LogP contribution in [0.15, 0.2) is 28.2 Å². The van der Waals surface area contributed by atoms with Gasteiger partial charge in [0.25, 0.3) is 0 Å². The van der Waals surface area contributed by atoms with E-state index in [2.05, 4.69) is 15.8 Å². The van der Waals surface area contributed by atoms with Crippen LogP contribution in [0.1, 0.15) is 25.3 Å². The van der Waals surface area contributed by atoms with Crippen LogP contribution in [0, 0.1) is 5.82 Å². The molecule has 1 aromatic carbocycles. The van der Waals surface area contributed by atoms with E-state index in [9.17, 15) is 4.39 Å². The summed E-state index contributed by atoms with van der Waals surface area (Å²) in [5.41, 5.74) is 4.53. The molecule has 2 rings (SSSR count). The average Bonchev–Trinajstić information content (AvgIpc) is 2.52. The number of thioether (sulfide) groups is 1. The van der Waals surface area contributed by atoms with Crippen molar-refractivity contribution in [1.82, 2.24) is 10.7 Å². The minimum Gasteiger partial charge on any atom is -0.382 e. The van der Waals surface area contributed by atoms with Crippen LogP contribution >= 0.6 is 24.0 Å². The molecule has 0 atom stereocenters. The number of halogens is 1. The van der Waals surface area contributed by atoms with Crippen LogP contribution in [0.4, 0.5) is 4.39 Å². The first-order valence-electron chi connectivity index (χ1n) is 7.31. The molecular formula is C15H20FN3OS2. The number of benzene rings is 1. The van der Waals surface area contributed by atoms with Gasteiger partial charge in [-0.25, -0.2) is 4.39 Å². The maximum atomic E-state index is 13.4. The number of thiocarbonyl (C=S) groups is 1. The minimum absolute atomic E-state index is 0.245. The van der Waals surface area contributed by atoms with Gasteiger partial charge in [-0.3, -0.25) is 5.43 Å². The Hall–Kier alpha value is -1.18. The quantitative estimate of drug-likeness (QED) is 0.473. The number of ether oxygens (including phenoxy) is 1. The van der Waals surface area contributed by atoms with Crippen molar-refractivity contribution < 1.29 is 9.13 Å². The molecule has 1 aromatic rings. The third-order valence-corrected chi connectivity index (χ3v) is 4.41. The highest BCUT2D eigenvalue weighted by Crippen LogP contribution is 2.30. The Labute approximate surface area is 139 Å². The molecule has 0 saturated heterocycles. The number of hydrogen-bond acceptors (Lipinski definition) is 4. The van der Waals surface area contributed by atoms with Gasteiger partial charge in [0.2, 0.25) is 0 Å². The SMILES string of the molecule is CCOCCCNC(=S)N/N=C1/CCSc2ccc(F)cc21. The van der Waals surface area contributed by atoms with E-state index in [4.69, 9.17) is 17.0 Å². The maximum absolute atomic E-state index is 13.4. The number of nitrogens with one attached hydrogen (secondary N) is 2. The lowest BCUT2D eigenvalue weighted by molar-refractivity contribution is 0.145. The van der Waals surface area contributed by atoms with Crippen molar-refractivity contribution >= 4 is 34.8 Å². The Balaban J connectivity index is 1.86. The Morgan fingerprint density at radius 2 is 2.36 bits per heavy atom. The van der Waals surface area contributed by atoms with Crippen molar-refractivity contribution in [3.8, 4) is 0 Å². The molecule has 0 spiro atoms. The summed E-state index contributed by atoms with van der Waals surface area (Å²) >= 11 is 6.89. The predicted octanol–water partition coefficient (Wildman–Crippen LogP) is 2.92. The number of nitrogens with zero attached hydrogens (tertiary/aromatic N) is 1. The smallest absolute Gasteiger partial charge is 0.186 e. The Kier molecular flexibility index (Phi) is 7.08. The molecule has 2 N–H and O–H groups in total. The molecule has 0 fully saturated rings. The highest BCUT2D eigenvalue weighted by atomic mass is 32.2. The van der Waals surface area contributed by atoms with Gasteiger partial charge in [0.05, 0.1) is 5.71 Å². The fourth-order valence-corrected chi connectivity index (χ4v) is 3.20. The summed E-state index contributed by atoms with van der Waals surface area (Å²) in [6, 6.07) is 4.81. The van der Waals surface area contributed by atoms with Gasteiger partial charge in [-0.15, -0.1) is 11.8 Å². The monoisotopic (exact) mass is 341 g/mol. The van der Waals surface area contributed by atoms with E-state index in [1.54, 1.807) is 17.8 Å². The first-order valence-corrected chi connectivity index (χ1v) is 8.71. The molecule has 1 heterocycles. The van der Waals surface area contributed by atoms with Gasteiger partial charge in [-0.05, 0) is 43.8 Å². The molecule has 0 radical (unpaired) electrons. The fraction of sp³-hybridized carbons (Fsp3) is 0.467. The van der Waals surface area contributed by atoms with Crippen LogP contribution in [-0.2, 0) is 4.74 Å². The number of fused-ring (bicyclic) bond motifs is 1. The summed E-state index contributed by atoms with van der Waals surface area (Å²) in [4.78, 5) is 1.06. The Morgan fingerprint density at radius 1 is 1.50 bits per heavy atom. The van der Waals surface area contributed by atoms with Gasteiger partial charge >= 0.3 is 0 Å². The molecule has 0 bridgehead atoms. The molecule has 0 aromatic heterocycles. The van der Waals surface area contributed by atoms with E-state index in [1.165, 1.54) is 12.1 Å². The average molecular weight is 341 g/mol. The fourth-order valence-electron chi connectivity index (χ4n) is 2.04. The number of rotatable bonds is 6. The first kappa shape index (κ1) is 17.2. The van der Waals surface area contributed by atoms with Crippen LogP contribution in [-0.4, -0.2) is 36.3 Å². The van der Waals surface area contributed by atoms with Gasteiger partial charge in [0, 0.05) is 42.4 Å². The normalized spacial score (nSPS) is 15.5. The van der Waals surface area contributed by atoms with Crippen molar-refractivity contribution in [1.29, 1.82) is 0 Å². The summed E-state index contributed by atoms with van der Waals surface area (Å²) in [6.07, 6.45) is 1.68. The summed E-state index contributed by atoms with van der Waals surface area (Å²) in [5.74, 6) is 0.693. The van der Waals surface area contributed by atoms with Crippen LogP contribution < -0.4 is 10.7 Å². The highest BCUT2D eigenvalue weighted by Gasteiger charge is 2.16. The molecule has 120 valence electrons. The van der Waals surface area contributed by atoms with Crippen molar-refractivity contribution in [3.05, 3.63) is 29.6 Å².